The maximum absolute atomic E-state index is 12.1. The molecule has 20 heavy (non-hydrogen) atoms. The van der Waals surface area contributed by atoms with E-state index >= 15 is 0 Å². The summed E-state index contributed by atoms with van der Waals surface area (Å²) in [5.41, 5.74) is -0.0389. The van der Waals surface area contributed by atoms with E-state index in [0.29, 0.717) is 12.5 Å². The Morgan fingerprint density at radius 2 is 2.05 bits per heavy atom. The molecule has 0 aliphatic heterocycles. The number of hydrogen-bond donors (Lipinski definition) is 2. The lowest BCUT2D eigenvalue weighted by molar-refractivity contribution is 0.0686. The monoisotopic (exact) mass is 300 g/mol. The molecule has 1 aromatic heterocycles. The Kier molecular flexibility index (Phi) is 4.49. The van der Waals surface area contributed by atoms with Crippen molar-refractivity contribution in [2.24, 2.45) is 13.0 Å². The quantitative estimate of drug-likeness (QED) is 0.864. The molecule has 1 aliphatic carbocycles. The number of nitrogens with zero attached hydrogens (tertiary/aromatic N) is 1. The second-order valence-electron chi connectivity index (χ2n) is 5.33. The van der Waals surface area contributed by atoms with E-state index in [1.165, 1.54) is 30.3 Å². The number of carbonyl (C=O) groups is 1. The number of carboxylic acids is 1. The number of aromatic carboxylic acids is 1. The first-order chi connectivity index (χ1) is 9.40. The average Bonchev–Trinajstić information content (AvgIpc) is 2.81. The van der Waals surface area contributed by atoms with Crippen molar-refractivity contribution in [1.29, 1.82) is 0 Å². The first kappa shape index (κ1) is 15.1. The second-order valence-corrected chi connectivity index (χ2v) is 7.10. The number of hydrogen-bond acceptors (Lipinski definition) is 3. The molecule has 0 atom stereocenters. The van der Waals surface area contributed by atoms with E-state index < -0.39 is 16.0 Å². The van der Waals surface area contributed by atoms with Gasteiger partial charge in [0.25, 0.3) is 0 Å². The summed E-state index contributed by atoms with van der Waals surface area (Å²) in [5.74, 6) is -0.748. The Hall–Kier alpha value is -1.34. The standard InChI is InChI=1S/C13H20N2O4S/c1-15-9-11(7-12(15)13(16)17)20(18,19)14-8-10-5-3-2-4-6-10/h7,9-10,14H,2-6,8H2,1H3,(H,16,17). The third-order valence-corrected chi connectivity index (χ3v) is 5.19. The molecule has 2 N–H and O–H groups in total. The zero-order valence-electron chi connectivity index (χ0n) is 11.5. The number of aryl methyl sites for hydroxylation is 1. The van der Waals surface area contributed by atoms with Crippen molar-refractivity contribution in [3.63, 3.8) is 0 Å². The predicted molar refractivity (Wildman–Crippen MR) is 74.1 cm³/mol. The van der Waals surface area contributed by atoms with E-state index in [4.69, 9.17) is 5.11 Å². The SMILES string of the molecule is Cn1cc(S(=O)(=O)NCC2CCCCC2)cc1C(=O)O. The second kappa shape index (κ2) is 5.97. The van der Waals surface area contributed by atoms with Gasteiger partial charge in [-0.3, -0.25) is 0 Å². The minimum atomic E-state index is -3.63. The van der Waals surface area contributed by atoms with E-state index in [1.807, 2.05) is 0 Å². The van der Waals surface area contributed by atoms with Crippen LogP contribution in [-0.2, 0) is 17.1 Å². The number of carboxylic acid groups (broad SMARTS) is 1. The molecular formula is C13H20N2O4S. The summed E-state index contributed by atoms with van der Waals surface area (Å²) in [5, 5.41) is 8.94. The summed E-state index contributed by atoms with van der Waals surface area (Å²) >= 11 is 0. The molecule has 1 aromatic rings. The molecule has 0 spiro atoms. The molecule has 1 saturated carbocycles. The van der Waals surface area contributed by atoms with Crippen molar-refractivity contribution in [2.75, 3.05) is 6.54 Å². The minimum Gasteiger partial charge on any atom is -0.477 e. The highest BCUT2D eigenvalue weighted by atomic mass is 32.2. The molecule has 1 heterocycles. The van der Waals surface area contributed by atoms with Crippen LogP contribution in [0.15, 0.2) is 17.2 Å². The third kappa shape index (κ3) is 3.40. The summed E-state index contributed by atoms with van der Waals surface area (Å²) in [6.07, 6.45) is 6.97. The third-order valence-electron chi connectivity index (χ3n) is 3.80. The van der Waals surface area contributed by atoms with Gasteiger partial charge in [-0.05, 0) is 24.8 Å². The van der Waals surface area contributed by atoms with Crippen LogP contribution >= 0.6 is 0 Å². The molecule has 0 unspecified atom stereocenters. The van der Waals surface area contributed by atoms with Crippen LogP contribution in [0.1, 0.15) is 42.6 Å². The van der Waals surface area contributed by atoms with Crippen molar-refractivity contribution >= 4 is 16.0 Å². The van der Waals surface area contributed by atoms with Gasteiger partial charge >= 0.3 is 5.97 Å². The number of nitrogens with one attached hydrogen (secondary N) is 1. The zero-order valence-corrected chi connectivity index (χ0v) is 12.3. The molecule has 0 aromatic carbocycles. The van der Waals surface area contributed by atoms with Crippen LogP contribution in [0.4, 0.5) is 0 Å². The number of aromatic nitrogens is 1. The van der Waals surface area contributed by atoms with Crippen molar-refractivity contribution in [2.45, 2.75) is 37.0 Å². The van der Waals surface area contributed by atoms with Gasteiger partial charge in [0.15, 0.2) is 0 Å². The highest BCUT2D eigenvalue weighted by Crippen LogP contribution is 2.23. The largest absolute Gasteiger partial charge is 0.477 e. The number of sulfonamides is 1. The zero-order chi connectivity index (χ0) is 14.8. The van der Waals surface area contributed by atoms with Crippen LogP contribution in [0.3, 0.4) is 0 Å². The molecule has 0 saturated heterocycles. The van der Waals surface area contributed by atoms with Gasteiger partial charge in [-0.15, -0.1) is 0 Å². The van der Waals surface area contributed by atoms with Crippen LogP contribution in [-0.4, -0.2) is 30.6 Å². The van der Waals surface area contributed by atoms with Crippen LogP contribution in [0, 0.1) is 5.92 Å². The van der Waals surface area contributed by atoms with E-state index in [0.717, 1.165) is 25.7 Å². The predicted octanol–water partition coefficient (Wildman–Crippen LogP) is 1.58. The van der Waals surface area contributed by atoms with Crippen molar-refractivity contribution < 1.29 is 18.3 Å². The molecule has 112 valence electrons. The molecule has 1 fully saturated rings. The first-order valence-electron chi connectivity index (χ1n) is 6.79. The molecule has 2 rings (SSSR count). The van der Waals surface area contributed by atoms with Gasteiger partial charge in [0.05, 0.1) is 0 Å². The van der Waals surface area contributed by atoms with Gasteiger partial charge in [0.2, 0.25) is 10.0 Å². The smallest absolute Gasteiger partial charge is 0.352 e. The summed E-state index contributed by atoms with van der Waals surface area (Å²) < 4.78 is 28.2. The Morgan fingerprint density at radius 1 is 1.40 bits per heavy atom. The van der Waals surface area contributed by atoms with Crippen LogP contribution in [0.25, 0.3) is 0 Å². The minimum absolute atomic E-state index is 0.00760. The maximum atomic E-state index is 12.1. The molecule has 0 amide bonds. The van der Waals surface area contributed by atoms with Crippen molar-refractivity contribution in [3.8, 4) is 0 Å². The lowest BCUT2D eigenvalue weighted by Crippen LogP contribution is -2.30. The molecule has 6 nitrogen and oxygen atoms in total. The first-order valence-corrected chi connectivity index (χ1v) is 8.28. The van der Waals surface area contributed by atoms with Gasteiger partial charge in [-0.1, -0.05) is 19.3 Å². The van der Waals surface area contributed by atoms with E-state index in [2.05, 4.69) is 4.72 Å². The topological polar surface area (TPSA) is 88.4 Å². The van der Waals surface area contributed by atoms with Gasteiger partial charge in [0.1, 0.15) is 10.6 Å². The van der Waals surface area contributed by atoms with Crippen LogP contribution < -0.4 is 4.72 Å². The Bertz CT molecular complexity index is 586. The summed E-state index contributed by atoms with van der Waals surface area (Å²) in [7, 11) is -2.11. The van der Waals surface area contributed by atoms with Gasteiger partial charge < -0.3 is 9.67 Å². The fourth-order valence-corrected chi connectivity index (χ4v) is 3.78. The van der Waals surface area contributed by atoms with Gasteiger partial charge in [-0.2, -0.15) is 0 Å². The summed E-state index contributed by atoms with van der Waals surface area (Å²) in [6.45, 7) is 0.430. The fourth-order valence-electron chi connectivity index (χ4n) is 2.60. The van der Waals surface area contributed by atoms with Gasteiger partial charge in [-0.25, -0.2) is 17.9 Å². The summed E-state index contributed by atoms with van der Waals surface area (Å²) in [6, 6.07) is 1.19. The lowest BCUT2D eigenvalue weighted by Gasteiger charge is -2.21. The molecular weight excluding hydrogens is 280 g/mol. The highest BCUT2D eigenvalue weighted by molar-refractivity contribution is 7.89. The Labute approximate surface area is 118 Å². The van der Waals surface area contributed by atoms with Crippen molar-refractivity contribution in [3.05, 3.63) is 18.0 Å². The average molecular weight is 300 g/mol. The van der Waals surface area contributed by atoms with Crippen LogP contribution in [0.2, 0.25) is 0 Å². The molecule has 7 heteroatoms. The van der Waals surface area contributed by atoms with Gasteiger partial charge in [0, 0.05) is 19.8 Å². The number of rotatable bonds is 5. The normalized spacial score (nSPS) is 17.2. The van der Waals surface area contributed by atoms with Crippen LogP contribution in [0.5, 0.6) is 0 Å². The van der Waals surface area contributed by atoms with E-state index in [9.17, 15) is 13.2 Å². The lowest BCUT2D eigenvalue weighted by atomic mass is 9.90. The summed E-state index contributed by atoms with van der Waals surface area (Å²) in [4.78, 5) is 10.9. The Balaban J connectivity index is 2.06. The molecule has 0 radical (unpaired) electrons. The van der Waals surface area contributed by atoms with E-state index in [1.54, 1.807) is 0 Å². The van der Waals surface area contributed by atoms with E-state index in [-0.39, 0.29) is 10.6 Å². The molecule has 0 bridgehead atoms. The fraction of sp³-hybridized carbons (Fsp3) is 0.615. The Morgan fingerprint density at radius 3 is 2.60 bits per heavy atom. The van der Waals surface area contributed by atoms with Crippen molar-refractivity contribution in [1.82, 2.24) is 9.29 Å². The molecule has 1 aliphatic rings. The highest BCUT2D eigenvalue weighted by Gasteiger charge is 2.22. The maximum Gasteiger partial charge on any atom is 0.352 e.